The first-order chi connectivity index (χ1) is 9.11. The summed E-state index contributed by atoms with van der Waals surface area (Å²) in [6.07, 6.45) is 0.590. The van der Waals surface area contributed by atoms with E-state index in [9.17, 15) is 4.79 Å². The zero-order valence-corrected chi connectivity index (χ0v) is 12.9. The van der Waals surface area contributed by atoms with Crippen LogP contribution >= 0.6 is 23.4 Å². The third-order valence-corrected chi connectivity index (χ3v) is 4.61. The van der Waals surface area contributed by atoms with Crippen LogP contribution in [0.25, 0.3) is 0 Å². The Kier molecular flexibility index (Phi) is 5.13. The maximum Gasteiger partial charge on any atom is 0.227 e. The van der Waals surface area contributed by atoms with E-state index in [1.165, 1.54) is 0 Å². The van der Waals surface area contributed by atoms with E-state index >= 15 is 0 Å². The van der Waals surface area contributed by atoms with Crippen LogP contribution in [0.3, 0.4) is 0 Å². The number of likely N-dealkylation sites (N-methyl/N-ethyl adjacent to an activating group) is 1. The highest BCUT2D eigenvalue weighted by molar-refractivity contribution is 7.99. The molecule has 1 heterocycles. The van der Waals surface area contributed by atoms with Crippen molar-refractivity contribution in [3.63, 3.8) is 0 Å². The van der Waals surface area contributed by atoms with Crippen LogP contribution < -0.4 is 4.90 Å². The van der Waals surface area contributed by atoms with Crippen molar-refractivity contribution < 1.29 is 4.79 Å². The summed E-state index contributed by atoms with van der Waals surface area (Å²) in [5.41, 5.74) is 1.00. The summed E-state index contributed by atoms with van der Waals surface area (Å²) < 4.78 is 0. The Morgan fingerprint density at radius 1 is 1.47 bits per heavy atom. The van der Waals surface area contributed by atoms with E-state index in [4.69, 9.17) is 11.6 Å². The summed E-state index contributed by atoms with van der Waals surface area (Å²) in [5.74, 6) is 1.03. The molecular weight excluding hydrogens is 280 g/mol. The van der Waals surface area contributed by atoms with Crippen molar-refractivity contribution in [2.45, 2.75) is 18.2 Å². The number of fused-ring (bicyclic) bond motifs is 1. The van der Waals surface area contributed by atoms with E-state index in [-0.39, 0.29) is 5.91 Å². The first kappa shape index (κ1) is 14.7. The van der Waals surface area contributed by atoms with Crippen molar-refractivity contribution in [2.75, 3.05) is 37.3 Å². The SMILES string of the molecule is CCN(C)CCN1C(=O)CCSc2cc(Cl)ccc21. The van der Waals surface area contributed by atoms with Gasteiger partial charge in [-0.3, -0.25) is 4.79 Å². The lowest BCUT2D eigenvalue weighted by molar-refractivity contribution is -0.118. The molecule has 2 rings (SSSR count). The Balaban J connectivity index is 2.22. The van der Waals surface area contributed by atoms with Gasteiger partial charge in [-0.2, -0.15) is 0 Å². The molecule has 0 spiro atoms. The fourth-order valence-electron chi connectivity index (χ4n) is 2.02. The normalized spacial score (nSPS) is 15.6. The Morgan fingerprint density at radius 3 is 3.00 bits per heavy atom. The van der Waals surface area contributed by atoms with Crippen LogP contribution in [0.1, 0.15) is 13.3 Å². The molecule has 5 heteroatoms. The van der Waals surface area contributed by atoms with Crippen molar-refractivity contribution in [3.05, 3.63) is 23.2 Å². The van der Waals surface area contributed by atoms with Gasteiger partial charge in [0, 0.05) is 35.2 Å². The van der Waals surface area contributed by atoms with Crippen LogP contribution in [0.4, 0.5) is 5.69 Å². The zero-order chi connectivity index (χ0) is 13.8. The highest BCUT2D eigenvalue weighted by Crippen LogP contribution is 2.36. The van der Waals surface area contributed by atoms with Gasteiger partial charge in [-0.15, -0.1) is 11.8 Å². The molecule has 1 amide bonds. The van der Waals surface area contributed by atoms with E-state index in [1.807, 2.05) is 23.1 Å². The van der Waals surface area contributed by atoms with Crippen LogP contribution in [0, 0.1) is 0 Å². The Bertz CT molecular complexity index is 467. The maximum absolute atomic E-state index is 12.2. The maximum atomic E-state index is 12.2. The molecule has 0 unspecified atom stereocenters. The monoisotopic (exact) mass is 298 g/mol. The smallest absolute Gasteiger partial charge is 0.227 e. The number of benzene rings is 1. The molecule has 104 valence electrons. The predicted octanol–water partition coefficient (Wildman–Crippen LogP) is 3.12. The third-order valence-electron chi connectivity index (χ3n) is 3.33. The molecule has 3 nitrogen and oxygen atoms in total. The molecule has 0 N–H and O–H groups in total. The standard InChI is InChI=1S/C14H19ClN2OS/c1-3-16(2)7-8-17-12-5-4-11(15)10-13(12)19-9-6-14(17)18/h4-5,10H,3,6-9H2,1-2H3. The average Bonchev–Trinajstić information content (AvgIpc) is 2.54. The molecule has 0 fully saturated rings. The summed E-state index contributed by atoms with van der Waals surface area (Å²) in [6.45, 7) is 4.73. The summed E-state index contributed by atoms with van der Waals surface area (Å²) in [5, 5.41) is 0.728. The van der Waals surface area contributed by atoms with Gasteiger partial charge in [0.1, 0.15) is 0 Å². The fraction of sp³-hybridized carbons (Fsp3) is 0.500. The second-order valence-corrected chi connectivity index (χ2v) is 6.22. The lowest BCUT2D eigenvalue weighted by Gasteiger charge is -2.25. The summed E-state index contributed by atoms with van der Waals surface area (Å²) in [6, 6.07) is 5.77. The van der Waals surface area contributed by atoms with Crippen molar-refractivity contribution >= 4 is 35.0 Å². The number of hydrogen-bond acceptors (Lipinski definition) is 3. The number of rotatable bonds is 4. The summed E-state index contributed by atoms with van der Waals surface area (Å²) in [7, 11) is 2.07. The lowest BCUT2D eigenvalue weighted by Crippen LogP contribution is -2.37. The number of anilines is 1. The first-order valence-corrected chi connectivity index (χ1v) is 7.89. The second kappa shape index (κ2) is 6.64. The molecule has 1 aliphatic heterocycles. The molecule has 0 radical (unpaired) electrons. The third kappa shape index (κ3) is 3.65. The summed E-state index contributed by atoms with van der Waals surface area (Å²) in [4.78, 5) is 17.4. The number of carbonyl (C=O) groups excluding carboxylic acids is 1. The molecule has 0 saturated heterocycles. The van der Waals surface area contributed by atoms with E-state index in [0.717, 1.165) is 41.0 Å². The van der Waals surface area contributed by atoms with E-state index in [1.54, 1.807) is 11.8 Å². The van der Waals surface area contributed by atoms with Gasteiger partial charge in [0.2, 0.25) is 5.91 Å². The van der Waals surface area contributed by atoms with Crippen molar-refractivity contribution in [1.29, 1.82) is 0 Å². The van der Waals surface area contributed by atoms with Crippen molar-refractivity contribution in [1.82, 2.24) is 4.90 Å². The largest absolute Gasteiger partial charge is 0.310 e. The quantitative estimate of drug-likeness (QED) is 0.853. The topological polar surface area (TPSA) is 23.6 Å². The minimum Gasteiger partial charge on any atom is -0.310 e. The van der Waals surface area contributed by atoms with Crippen LogP contribution in [0.2, 0.25) is 5.02 Å². The highest BCUT2D eigenvalue weighted by Gasteiger charge is 2.22. The molecule has 1 aromatic carbocycles. The van der Waals surface area contributed by atoms with Gasteiger partial charge < -0.3 is 9.80 Å². The van der Waals surface area contributed by atoms with Gasteiger partial charge in [0.05, 0.1) is 5.69 Å². The second-order valence-electron chi connectivity index (χ2n) is 4.65. The molecule has 0 saturated carbocycles. The highest BCUT2D eigenvalue weighted by atomic mass is 35.5. The molecule has 0 atom stereocenters. The van der Waals surface area contributed by atoms with Gasteiger partial charge in [0.25, 0.3) is 0 Å². The molecule has 1 aliphatic rings. The number of nitrogens with zero attached hydrogens (tertiary/aromatic N) is 2. The molecular formula is C14H19ClN2OS. The Labute approximate surface area is 123 Å². The molecule has 0 aromatic heterocycles. The number of amides is 1. The van der Waals surface area contributed by atoms with Gasteiger partial charge in [0.15, 0.2) is 0 Å². The van der Waals surface area contributed by atoms with Crippen LogP contribution in [0.15, 0.2) is 23.1 Å². The Morgan fingerprint density at radius 2 is 2.26 bits per heavy atom. The predicted molar refractivity (Wildman–Crippen MR) is 82.3 cm³/mol. The Hall–Kier alpha value is -0.710. The molecule has 19 heavy (non-hydrogen) atoms. The van der Waals surface area contributed by atoms with Crippen LogP contribution in [0.5, 0.6) is 0 Å². The van der Waals surface area contributed by atoms with Crippen LogP contribution in [-0.4, -0.2) is 43.2 Å². The zero-order valence-electron chi connectivity index (χ0n) is 11.4. The fourth-order valence-corrected chi connectivity index (χ4v) is 3.29. The minimum atomic E-state index is 0.207. The number of halogens is 1. The van der Waals surface area contributed by atoms with Gasteiger partial charge >= 0.3 is 0 Å². The van der Waals surface area contributed by atoms with Gasteiger partial charge in [-0.25, -0.2) is 0 Å². The number of carbonyl (C=O) groups is 1. The van der Waals surface area contributed by atoms with E-state index in [0.29, 0.717) is 6.42 Å². The molecule has 1 aromatic rings. The molecule has 0 aliphatic carbocycles. The van der Waals surface area contributed by atoms with Crippen molar-refractivity contribution in [2.24, 2.45) is 0 Å². The minimum absolute atomic E-state index is 0.207. The number of hydrogen-bond donors (Lipinski definition) is 0. The number of thioether (sulfide) groups is 1. The molecule has 0 bridgehead atoms. The van der Waals surface area contributed by atoms with Crippen molar-refractivity contribution in [3.8, 4) is 0 Å². The van der Waals surface area contributed by atoms with Gasteiger partial charge in [-0.05, 0) is 31.8 Å². The average molecular weight is 299 g/mol. The van der Waals surface area contributed by atoms with E-state index in [2.05, 4.69) is 18.9 Å². The van der Waals surface area contributed by atoms with E-state index < -0.39 is 0 Å². The van der Waals surface area contributed by atoms with Crippen LogP contribution in [-0.2, 0) is 4.79 Å². The van der Waals surface area contributed by atoms with Gasteiger partial charge in [-0.1, -0.05) is 18.5 Å². The lowest BCUT2D eigenvalue weighted by atomic mass is 10.2. The first-order valence-electron chi connectivity index (χ1n) is 6.53. The summed E-state index contributed by atoms with van der Waals surface area (Å²) >= 11 is 7.75.